The van der Waals surface area contributed by atoms with Crippen LogP contribution in [0.25, 0.3) is 0 Å². The van der Waals surface area contributed by atoms with Crippen LogP contribution in [0, 0.1) is 0 Å². The van der Waals surface area contributed by atoms with Crippen molar-refractivity contribution in [2.45, 2.75) is 32.0 Å². The number of benzene rings is 1. The van der Waals surface area contributed by atoms with Gasteiger partial charge < -0.3 is 5.32 Å². The fourth-order valence-corrected chi connectivity index (χ4v) is 3.30. The third-order valence-corrected chi connectivity index (χ3v) is 4.76. The number of rotatable bonds is 4. The minimum atomic E-state index is -0.623. The van der Waals surface area contributed by atoms with Crippen molar-refractivity contribution in [1.29, 1.82) is 0 Å². The first-order valence-corrected chi connectivity index (χ1v) is 9.15. The second-order valence-corrected chi connectivity index (χ2v) is 6.73. The lowest BCUT2D eigenvalue weighted by molar-refractivity contribution is -0.120. The summed E-state index contributed by atoms with van der Waals surface area (Å²) < 4.78 is 3.40. The zero-order valence-electron chi connectivity index (χ0n) is 15.5. The lowest BCUT2D eigenvalue weighted by Gasteiger charge is -2.27. The van der Waals surface area contributed by atoms with Crippen molar-refractivity contribution in [3.8, 4) is 0 Å². The second kappa shape index (κ2) is 7.63. The standard InChI is InChI=1S/C19H21N7O2/c1-24-16-9-10-21-26(16)11-5-8-15(19(24)28)22-18(27)17-20-13-25(23-17)12-14-6-3-2-4-7-14/h2-4,6-7,9-10,13,15H,5,8,11-12H2,1H3,(H,22,27)/t15-/m0/s1. The Labute approximate surface area is 162 Å². The van der Waals surface area contributed by atoms with E-state index in [4.69, 9.17) is 0 Å². The van der Waals surface area contributed by atoms with Gasteiger partial charge in [0.05, 0.1) is 12.7 Å². The molecule has 9 heteroatoms. The van der Waals surface area contributed by atoms with Crippen LogP contribution in [0.3, 0.4) is 0 Å². The Bertz CT molecular complexity index is 979. The number of fused-ring (bicyclic) bond motifs is 1. The maximum atomic E-state index is 12.8. The number of nitrogens with one attached hydrogen (secondary N) is 1. The van der Waals surface area contributed by atoms with Gasteiger partial charge in [-0.25, -0.2) is 14.3 Å². The monoisotopic (exact) mass is 379 g/mol. The summed E-state index contributed by atoms with van der Waals surface area (Å²) in [5, 5.41) is 11.3. The quantitative estimate of drug-likeness (QED) is 0.731. The van der Waals surface area contributed by atoms with Crippen LogP contribution in [0.2, 0.25) is 0 Å². The van der Waals surface area contributed by atoms with Gasteiger partial charge in [0, 0.05) is 19.7 Å². The molecule has 2 aromatic heterocycles. The van der Waals surface area contributed by atoms with Gasteiger partial charge in [-0.2, -0.15) is 5.10 Å². The van der Waals surface area contributed by atoms with Crippen molar-refractivity contribution in [3.63, 3.8) is 0 Å². The molecular weight excluding hydrogens is 358 g/mol. The summed E-state index contributed by atoms with van der Waals surface area (Å²) in [7, 11) is 1.69. The summed E-state index contributed by atoms with van der Waals surface area (Å²) in [6.45, 7) is 1.21. The molecule has 0 saturated carbocycles. The molecular formula is C19H21N7O2. The SMILES string of the molecule is CN1C(=O)[C@@H](NC(=O)c2ncn(Cc3ccccc3)n2)CCCn2nccc21. The fourth-order valence-electron chi connectivity index (χ4n) is 3.30. The minimum Gasteiger partial charge on any atom is -0.337 e. The molecule has 0 bridgehead atoms. The van der Waals surface area contributed by atoms with Crippen LogP contribution in [0.4, 0.5) is 5.82 Å². The van der Waals surface area contributed by atoms with Gasteiger partial charge in [0.25, 0.3) is 5.91 Å². The molecule has 0 aliphatic carbocycles. The summed E-state index contributed by atoms with van der Waals surface area (Å²) in [5.74, 6) is 0.138. The van der Waals surface area contributed by atoms with E-state index in [0.29, 0.717) is 25.3 Å². The summed E-state index contributed by atoms with van der Waals surface area (Å²) in [4.78, 5) is 31.0. The van der Waals surface area contributed by atoms with Gasteiger partial charge in [-0.1, -0.05) is 30.3 Å². The first kappa shape index (κ1) is 17.9. The average molecular weight is 379 g/mol. The number of likely N-dealkylation sites (N-methyl/N-ethyl adjacent to an activating group) is 1. The zero-order valence-corrected chi connectivity index (χ0v) is 15.5. The molecule has 3 heterocycles. The van der Waals surface area contributed by atoms with Gasteiger partial charge in [-0.3, -0.25) is 14.5 Å². The van der Waals surface area contributed by atoms with E-state index in [9.17, 15) is 9.59 Å². The van der Waals surface area contributed by atoms with Gasteiger partial charge in [-0.05, 0) is 18.4 Å². The molecule has 1 aliphatic rings. The van der Waals surface area contributed by atoms with Crippen LogP contribution in [-0.4, -0.2) is 49.4 Å². The lowest BCUT2D eigenvalue weighted by Crippen LogP contribution is -2.49. The smallest absolute Gasteiger partial charge is 0.291 e. The van der Waals surface area contributed by atoms with Crippen molar-refractivity contribution in [2.75, 3.05) is 11.9 Å². The molecule has 28 heavy (non-hydrogen) atoms. The predicted molar refractivity (Wildman–Crippen MR) is 102 cm³/mol. The molecule has 1 aliphatic heterocycles. The van der Waals surface area contributed by atoms with E-state index in [1.807, 2.05) is 30.3 Å². The highest BCUT2D eigenvalue weighted by Crippen LogP contribution is 2.18. The normalized spacial score (nSPS) is 17.0. The first-order chi connectivity index (χ1) is 13.6. The molecule has 0 saturated heterocycles. The molecule has 1 aromatic carbocycles. The summed E-state index contributed by atoms with van der Waals surface area (Å²) >= 11 is 0. The number of hydrogen-bond donors (Lipinski definition) is 1. The second-order valence-electron chi connectivity index (χ2n) is 6.73. The Hall–Kier alpha value is -3.49. The Morgan fingerprint density at radius 2 is 2.07 bits per heavy atom. The van der Waals surface area contributed by atoms with Crippen molar-refractivity contribution in [3.05, 3.63) is 60.3 Å². The Kier molecular flexibility index (Phi) is 4.88. The fraction of sp³-hybridized carbons (Fsp3) is 0.316. The highest BCUT2D eigenvalue weighted by Gasteiger charge is 2.29. The third-order valence-electron chi connectivity index (χ3n) is 4.76. The van der Waals surface area contributed by atoms with E-state index in [2.05, 4.69) is 20.5 Å². The summed E-state index contributed by atoms with van der Waals surface area (Å²) in [6, 6.07) is 11.0. The molecule has 144 valence electrons. The minimum absolute atomic E-state index is 0.0542. The molecule has 9 nitrogen and oxygen atoms in total. The molecule has 0 spiro atoms. The maximum absolute atomic E-state index is 12.8. The Morgan fingerprint density at radius 1 is 1.25 bits per heavy atom. The van der Waals surface area contributed by atoms with Crippen LogP contribution in [-0.2, 0) is 17.9 Å². The summed E-state index contributed by atoms with van der Waals surface area (Å²) in [5.41, 5.74) is 1.06. The first-order valence-electron chi connectivity index (χ1n) is 9.15. The number of hydrogen-bond acceptors (Lipinski definition) is 5. The van der Waals surface area contributed by atoms with Gasteiger partial charge in [0.2, 0.25) is 11.7 Å². The highest BCUT2D eigenvalue weighted by molar-refractivity contribution is 6.00. The predicted octanol–water partition coefficient (Wildman–Crippen LogP) is 1.08. The van der Waals surface area contributed by atoms with E-state index in [1.54, 1.807) is 28.7 Å². The number of nitrogens with zero attached hydrogens (tertiary/aromatic N) is 6. The Balaban J connectivity index is 1.44. The van der Waals surface area contributed by atoms with E-state index >= 15 is 0 Å². The number of aromatic nitrogens is 5. The molecule has 1 atom stereocenters. The van der Waals surface area contributed by atoms with Crippen molar-refractivity contribution >= 4 is 17.6 Å². The highest BCUT2D eigenvalue weighted by atomic mass is 16.2. The molecule has 0 fully saturated rings. The van der Waals surface area contributed by atoms with Crippen molar-refractivity contribution in [1.82, 2.24) is 29.9 Å². The number of anilines is 1. The van der Waals surface area contributed by atoms with Crippen molar-refractivity contribution in [2.24, 2.45) is 0 Å². The number of carbonyl (C=O) groups is 2. The largest absolute Gasteiger partial charge is 0.337 e. The van der Waals surface area contributed by atoms with E-state index < -0.39 is 11.9 Å². The van der Waals surface area contributed by atoms with Gasteiger partial charge in [0.15, 0.2) is 0 Å². The lowest BCUT2D eigenvalue weighted by atomic mass is 10.1. The molecule has 0 radical (unpaired) electrons. The maximum Gasteiger partial charge on any atom is 0.291 e. The van der Waals surface area contributed by atoms with Crippen LogP contribution in [0.1, 0.15) is 29.0 Å². The van der Waals surface area contributed by atoms with E-state index in [1.165, 1.54) is 11.2 Å². The average Bonchev–Trinajstić information content (AvgIpc) is 3.35. The topological polar surface area (TPSA) is 97.9 Å². The van der Waals surface area contributed by atoms with Gasteiger partial charge >= 0.3 is 0 Å². The third kappa shape index (κ3) is 3.64. The molecule has 1 N–H and O–H groups in total. The number of amides is 2. The Morgan fingerprint density at radius 3 is 2.89 bits per heavy atom. The number of carbonyl (C=O) groups excluding carboxylic acids is 2. The van der Waals surface area contributed by atoms with Crippen LogP contribution in [0.15, 0.2) is 48.9 Å². The number of aryl methyl sites for hydroxylation is 1. The van der Waals surface area contributed by atoms with Crippen LogP contribution < -0.4 is 10.2 Å². The van der Waals surface area contributed by atoms with Gasteiger partial charge in [0.1, 0.15) is 18.2 Å². The van der Waals surface area contributed by atoms with E-state index in [0.717, 1.165) is 12.0 Å². The van der Waals surface area contributed by atoms with Crippen LogP contribution in [0.5, 0.6) is 0 Å². The zero-order chi connectivity index (χ0) is 19.5. The van der Waals surface area contributed by atoms with Crippen LogP contribution >= 0.6 is 0 Å². The molecule has 0 unspecified atom stereocenters. The molecule has 2 amide bonds. The summed E-state index contributed by atoms with van der Waals surface area (Å²) in [6.07, 6.45) is 4.45. The molecule has 3 aromatic rings. The van der Waals surface area contributed by atoms with Gasteiger partial charge in [-0.15, -0.1) is 5.10 Å². The van der Waals surface area contributed by atoms with Crippen molar-refractivity contribution < 1.29 is 9.59 Å². The molecule has 4 rings (SSSR count). The van der Waals surface area contributed by atoms with E-state index in [-0.39, 0.29) is 11.7 Å².